The zero-order valence-electron chi connectivity index (χ0n) is 16.3. The Morgan fingerprint density at radius 1 is 0.862 bits per heavy atom. The Morgan fingerprint density at radius 2 is 1.52 bits per heavy atom. The third-order valence-electron chi connectivity index (χ3n) is 5.17. The summed E-state index contributed by atoms with van der Waals surface area (Å²) in [5, 5.41) is 3.02. The van der Waals surface area contributed by atoms with Gasteiger partial charge in [-0.1, -0.05) is 72.8 Å². The van der Waals surface area contributed by atoms with Crippen LogP contribution in [0.3, 0.4) is 0 Å². The molecule has 0 bridgehead atoms. The average Bonchev–Trinajstić information content (AvgIpc) is 3.32. The highest BCUT2D eigenvalue weighted by atomic mass is 16.7. The number of carbonyl (C=O) groups excluding carboxylic acids is 1. The first-order valence-electron chi connectivity index (χ1n) is 10.0. The average molecular weight is 387 g/mol. The van der Waals surface area contributed by atoms with Gasteiger partial charge in [-0.25, -0.2) is 0 Å². The molecule has 0 aromatic heterocycles. The molecule has 1 atom stereocenters. The molecule has 148 valence electrons. The van der Waals surface area contributed by atoms with Crippen LogP contribution in [0.25, 0.3) is 11.1 Å². The molecule has 4 heteroatoms. The fourth-order valence-corrected chi connectivity index (χ4v) is 3.68. The fraction of sp³-hybridized carbons (Fsp3) is 0.240. The van der Waals surface area contributed by atoms with Crippen molar-refractivity contribution in [3.05, 3.63) is 96.1 Å². The Labute approximate surface area is 171 Å². The molecule has 1 fully saturated rings. The minimum Gasteiger partial charge on any atom is -0.352 e. The van der Waals surface area contributed by atoms with Crippen LogP contribution in [-0.4, -0.2) is 32.0 Å². The van der Waals surface area contributed by atoms with E-state index in [0.717, 1.165) is 12.0 Å². The minimum atomic E-state index is -0.283. The molecule has 3 aromatic carbocycles. The topological polar surface area (TPSA) is 47.6 Å². The Morgan fingerprint density at radius 3 is 2.24 bits per heavy atom. The summed E-state index contributed by atoms with van der Waals surface area (Å²) in [4.78, 5) is 12.3. The zero-order valence-corrected chi connectivity index (χ0v) is 16.3. The molecule has 0 spiro atoms. The van der Waals surface area contributed by atoms with Crippen LogP contribution < -0.4 is 5.32 Å². The molecule has 1 saturated heterocycles. The smallest absolute Gasteiger partial charge is 0.251 e. The van der Waals surface area contributed by atoms with Crippen LogP contribution >= 0.6 is 0 Å². The van der Waals surface area contributed by atoms with Crippen LogP contribution in [0.4, 0.5) is 0 Å². The van der Waals surface area contributed by atoms with E-state index in [1.165, 1.54) is 11.1 Å². The third-order valence-corrected chi connectivity index (χ3v) is 5.17. The Balaban J connectivity index is 1.48. The normalized spacial score (nSPS) is 15.2. The molecule has 1 aliphatic rings. The first kappa shape index (κ1) is 19.4. The summed E-state index contributed by atoms with van der Waals surface area (Å²) in [5.74, 6) is -0.00659. The van der Waals surface area contributed by atoms with Crippen LogP contribution in [0.1, 0.15) is 28.3 Å². The van der Waals surface area contributed by atoms with Crippen molar-refractivity contribution < 1.29 is 14.3 Å². The van der Waals surface area contributed by atoms with Crippen molar-refractivity contribution in [2.75, 3.05) is 19.8 Å². The Kier molecular flexibility index (Phi) is 6.35. The summed E-state index contributed by atoms with van der Waals surface area (Å²) in [6.07, 6.45) is 0.455. The lowest BCUT2D eigenvalue weighted by Gasteiger charge is -2.23. The maximum Gasteiger partial charge on any atom is 0.251 e. The van der Waals surface area contributed by atoms with Gasteiger partial charge in [0.05, 0.1) is 13.2 Å². The van der Waals surface area contributed by atoms with Gasteiger partial charge < -0.3 is 14.8 Å². The first-order valence-corrected chi connectivity index (χ1v) is 10.0. The molecule has 0 aliphatic carbocycles. The molecule has 1 amide bonds. The lowest BCUT2D eigenvalue weighted by atomic mass is 9.92. The molecule has 1 heterocycles. The number of hydrogen-bond acceptors (Lipinski definition) is 3. The number of benzene rings is 3. The monoisotopic (exact) mass is 387 g/mol. The lowest BCUT2D eigenvalue weighted by Crippen LogP contribution is -2.29. The van der Waals surface area contributed by atoms with E-state index >= 15 is 0 Å². The molecular weight excluding hydrogens is 362 g/mol. The fourth-order valence-electron chi connectivity index (χ4n) is 3.68. The van der Waals surface area contributed by atoms with Crippen molar-refractivity contribution in [3.63, 3.8) is 0 Å². The van der Waals surface area contributed by atoms with Crippen molar-refractivity contribution in [1.82, 2.24) is 5.32 Å². The van der Waals surface area contributed by atoms with Crippen molar-refractivity contribution in [3.8, 4) is 11.1 Å². The predicted molar refractivity (Wildman–Crippen MR) is 114 cm³/mol. The summed E-state index contributed by atoms with van der Waals surface area (Å²) in [7, 11) is 0. The number of carbonyl (C=O) groups is 1. The van der Waals surface area contributed by atoms with Gasteiger partial charge in [-0.05, 0) is 35.2 Å². The van der Waals surface area contributed by atoms with E-state index in [9.17, 15) is 4.79 Å². The van der Waals surface area contributed by atoms with Crippen molar-refractivity contribution >= 4 is 5.91 Å². The molecule has 4 rings (SSSR count). The molecular formula is C25H25NO3. The highest BCUT2D eigenvalue weighted by molar-refractivity contribution is 5.94. The number of rotatable bonds is 7. The second-order valence-electron chi connectivity index (χ2n) is 7.12. The van der Waals surface area contributed by atoms with E-state index in [-0.39, 0.29) is 18.1 Å². The largest absolute Gasteiger partial charge is 0.352 e. The molecule has 1 aliphatic heterocycles. The molecule has 4 nitrogen and oxygen atoms in total. The van der Waals surface area contributed by atoms with E-state index in [2.05, 4.69) is 41.7 Å². The van der Waals surface area contributed by atoms with Crippen LogP contribution in [0.5, 0.6) is 0 Å². The molecule has 1 unspecified atom stereocenters. The second-order valence-corrected chi connectivity index (χ2v) is 7.12. The maximum atomic E-state index is 12.3. The van der Waals surface area contributed by atoms with Crippen LogP contribution in [0.2, 0.25) is 0 Å². The van der Waals surface area contributed by atoms with E-state index in [1.807, 2.05) is 48.5 Å². The van der Waals surface area contributed by atoms with Crippen molar-refractivity contribution in [2.45, 2.75) is 18.6 Å². The first-order chi connectivity index (χ1) is 14.3. The summed E-state index contributed by atoms with van der Waals surface area (Å²) in [5.41, 5.74) is 4.17. The van der Waals surface area contributed by atoms with E-state index < -0.39 is 0 Å². The molecule has 0 saturated carbocycles. The quantitative estimate of drug-likeness (QED) is 0.643. The van der Waals surface area contributed by atoms with E-state index in [0.29, 0.717) is 25.3 Å². The van der Waals surface area contributed by atoms with Crippen molar-refractivity contribution in [1.29, 1.82) is 0 Å². The Hall–Kier alpha value is -2.95. The molecule has 0 radical (unpaired) electrons. The lowest BCUT2D eigenvalue weighted by molar-refractivity contribution is -0.0624. The maximum absolute atomic E-state index is 12.3. The molecule has 3 aromatic rings. The van der Waals surface area contributed by atoms with E-state index in [1.54, 1.807) is 0 Å². The highest BCUT2D eigenvalue weighted by Crippen LogP contribution is 2.31. The van der Waals surface area contributed by atoms with Gasteiger partial charge in [0.1, 0.15) is 0 Å². The van der Waals surface area contributed by atoms with E-state index in [4.69, 9.17) is 9.47 Å². The number of amides is 1. The minimum absolute atomic E-state index is 0.0530. The number of nitrogens with one attached hydrogen (secondary N) is 1. The highest BCUT2D eigenvalue weighted by Gasteiger charge is 2.28. The van der Waals surface area contributed by atoms with Crippen LogP contribution in [0.15, 0.2) is 84.9 Å². The Bertz CT molecular complexity index is 921. The molecule has 29 heavy (non-hydrogen) atoms. The number of ether oxygens (including phenoxy) is 2. The van der Waals surface area contributed by atoms with Gasteiger partial charge in [-0.2, -0.15) is 0 Å². The second kappa shape index (κ2) is 9.50. The summed E-state index contributed by atoms with van der Waals surface area (Å²) >= 11 is 0. The van der Waals surface area contributed by atoms with Crippen LogP contribution in [-0.2, 0) is 9.47 Å². The summed E-state index contributed by atoms with van der Waals surface area (Å²) in [6, 6.07) is 28.1. The summed E-state index contributed by atoms with van der Waals surface area (Å²) in [6.45, 7) is 1.77. The van der Waals surface area contributed by atoms with Gasteiger partial charge in [0.2, 0.25) is 0 Å². The van der Waals surface area contributed by atoms with Crippen molar-refractivity contribution in [2.24, 2.45) is 0 Å². The van der Waals surface area contributed by atoms with Gasteiger partial charge in [0.25, 0.3) is 5.91 Å². The predicted octanol–water partition coefficient (Wildman–Crippen LogP) is 4.63. The third kappa shape index (κ3) is 4.91. The van der Waals surface area contributed by atoms with Gasteiger partial charge in [-0.3, -0.25) is 4.79 Å². The van der Waals surface area contributed by atoms with Gasteiger partial charge in [0.15, 0.2) is 6.29 Å². The number of hydrogen-bond donors (Lipinski definition) is 1. The molecule has 1 N–H and O–H groups in total. The SMILES string of the molecule is O=C(NCCC(c1cccc(-c2ccccc2)c1)C1OCCO1)c1ccccc1. The van der Waals surface area contributed by atoms with Crippen LogP contribution in [0, 0.1) is 0 Å². The van der Waals surface area contributed by atoms with Gasteiger partial charge >= 0.3 is 0 Å². The summed E-state index contributed by atoms with van der Waals surface area (Å²) < 4.78 is 11.6. The zero-order chi connectivity index (χ0) is 19.9. The standard InChI is InChI=1S/C25H25NO3/c27-24(20-10-5-2-6-11-20)26-15-14-23(25-28-16-17-29-25)22-13-7-12-21(18-22)19-8-3-1-4-9-19/h1-13,18,23,25H,14-17H2,(H,26,27). The van der Waals surface area contributed by atoms with Gasteiger partial charge in [-0.15, -0.1) is 0 Å². The van der Waals surface area contributed by atoms with Gasteiger partial charge in [0, 0.05) is 18.0 Å².